The van der Waals surface area contributed by atoms with E-state index < -0.39 is 16.0 Å². The summed E-state index contributed by atoms with van der Waals surface area (Å²) in [5, 5.41) is 9.04. The van der Waals surface area contributed by atoms with Crippen LogP contribution in [0, 0.1) is 3.57 Å². The number of fused-ring (bicyclic) bond motifs is 1. The standard InChI is InChI=1S/C16H14INO4S/c17-15-6-2-4-12-10-18(8-7-14(12)15)23(21,22)13-5-1-3-11(9-13)16(19)20/h1-6,9H,7-8,10H2,(H,19,20). The number of rotatable bonds is 3. The Morgan fingerprint density at radius 3 is 2.65 bits per heavy atom. The number of hydrogen-bond acceptors (Lipinski definition) is 3. The predicted molar refractivity (Wildman–Crippen MR) is 93.9 cm³/mol. The second kappa shape index (κ2) is 6.21. The predicted octanol–water partition coefficient (Wildman–Crippen LogP) is 2.74. The molecule has 0 aliphatic carbocycles. The van der Waals surface area contributed by atoms with Gasteiger partial charge < -0.3 is 5.11 Å². The van der Waals surface area contributed by atoms with Crippen LogP contribution in [0.15, 0.2) is 47.4 Å². The molecule has 5 nitrogen and oxygen atoms in total. The molecule has 0 unspecified atom stereocenters. The average Bonchev–Trinajstić information content (AvgIpc) is 2.55. The molecule has 0 amide bonds. The molecule has 0 spiro atoms. The number of carboxylic acids is 1. The Morgan fingerprint density at radius 1 is 1.17 bits per heavy atom. The maximum Gasteiger partial charge on any atom is 0.335 e. The Balaban J connectivity index is 1.95. The first-order valence-electron chi connectivity index (χ1n) is 6.99. The van der Waals surface area contributed by atoms with Crippen molar-refractivity contribution in [1.29, 1.82) is 0 Å². The number of hydrogen-bond donors (Lipinski definition) is 1. The van der Waals surface area contributed by atoms with Crippen LogP contribution in [0.3, 0.4) is 0 Å². The van der Waals surface area contributed by atoms with Gasteiger partial charge in [-0.3, -0.25) is 0 Å². The Morgan fingerprint density at radius 2 is 1.91 bits per heavy atom. The molecule has 0 atom stereocenters. The fourth-order valence-electron chi connectivity index (χ4n) is 2.68. The Kier molecular flexibility index (Phi) is 4.43. The highest BCUT2D eigenvalue weighted by molar-refractivity contribution is 14.1. The molecule has 0 aromatic heterocycles. The second-order valence-corrected chi connectivity index (χ2v) is 8.40. The number of benzene rings is 2. The van der Waals surface area contributed by atoms with E-state index in [1.165, 1.54) is 34.1 Å². The molecule has 1 aliphatic heterocycles. The zero-order valence-electron chi connectivity index (χ0n) is 12.1. The lowest BCUT2D eigenvalue weighted by molar-refractivity contribution is 0.0696. The molecule has 0 fully saturated rings. The molecule has 7 heteroatoms. The van der Waals surface area contributed by atoms with E-state index in [-0.39, 0.29) is 10.5 Å². The van der Waals surface area contributed by atoms with Crippen molar-refractivity contribution in [3.63, 3.8) is 0 Å². The van der Waals surface area contributed by atoms with Gasteiger partial charge in [0.2, 0.25) is 10.0 Å². The van der Waals surface area contributed by atoms with Crippen molar-refractivity contribution in [3.8, 4) is 0 Å². The van der Waals surface area contributed by atoms with Gasteiger partial charge in [-0.05, 0) is 64.4 Å². The van der Waals surface area contributed by atoms with Crippen molar-refractivity contribution >= 4 is 38.6 Å². The van der Waals surface area contributed by atoms with Crippen LogP contribution in [0.1, 0.15) is 21.5 Å². The van der Waals surface area contributed by atoms with E-state index in [1.807, 2.05) is 18.2 Å². The number of nitrogens with zero attached hydrogens (tertiary/aromatic N) is 1. The molecule has 1 aliphatic rings. The summed E-state index contributed by atoms with van der Waals surface area (Å²) < 4.78 is 28.1. The largest absolute Gasteiger partial charge is 0.478 e. The third-order valence-electron chi connectivity index (χ3n) is 3.89. The van der Waals surface area contributed by atoms with Gasteiger partial charge >= 0.3 is 5.97 Å². The maximum absolute atomic E-state index is 12.8. The Hall–Kier alpha value is -1.45. The summed E-state index contributed by atoms with van der Waals surface area (Å²) in [5.41, 5.74) is 2.16. The molecule has 2 aromatic carbocycles. The summed E-state index contributed by atoms with van der Waals surface area (Å²) in [5.74, 6) is -1.14. The van der Waals surface area contributed by atoms with Crippen LogP contribution in [0.4, 0.5) is 0 Å². The first kappa shape index (κ1) is 16.4. The van der Waals surface area contributed by atoms with Crippen LogP contribution in [0.25, 0.3) is 0 Å². The van der Waals surface area contributed by atoms with Gasteiger partial charge in [-0.25, -0.2) is 13.2 Å². The second-order valence-electron chi connectivity index (χ2n) is 5.30. The van der Waals surface area contributed by atoms with Gasteiger partial charge in [0.1, 0.15) is 0 Å². The summed E-state index contributed by atoms with van der Waals surface area (Å²) in [7, 11) is -3.71. The van der Waals surface area contributed by atoms with E-state index in [4.69, 9.17) is 5.11 Å². The van der Waals surface area contributed by atoms with E-state index in [0.717, 1.165) is 9.13 Å². The molecule has 120 valence electrons. The Labute approximate surface area is 148 Å². The lowest BCUT2D eigenvalue weighted by Gasteiger charge is -2.28. The minimum atomic E-state index is -3.71. The van der Waals surface area contributed by atoms with Crippen molar-refractivity contribution in [2.24, 2.45) is 0 Å². The molecule has 0 saturated heterocycles. The van der Waals surface area contributed by atoms with E-state index in [9.17, 15) is 13.2 Å². The van der Waals surface area contributed by atoms with Crippen molar-refractivity contribution in [2.75, 3.05) is 6.54 Å². The molecule has 0 radical (unpaired) electrons. The monoisotopic (exact) mass is 443 g/mol. The molecule has 2 aromatic rings. The highest BCUT2D eigenvalue weighted by Gasteiger charge is 2.29. The van der Waals surface area contributed by atoms with Crippen LogP contribution in [-0.4, -0.2) is 30.3 Å². The lowest BCUT2D eigenvalue weighted by atomic mass is 10.0. The number of sulfonamides is 1. The Bertz CT molecular complexity index is 879. The lowest BCUT2D eigenvalue weighted by Crippen LogP contribution is -2.36. The highest BCUT2D eigenvalue weighted by Crippen LogP contribution is 2.28. The maximum atomic E-state index is 12.8. The smallest absolute Gasteiger partial charge is 0.335 e. The van der Waals surface area contributed by atoms with Crippen molar-refractivity contribution in [3.05, 3.63) is 62.7 Å². The van der Waals surface area contributed by atoms with Crippen LogP contribution in [0.2, 0.25) is 0 Å². The fourth-order valence-corrected chi connectivity index (χ4v) is 4.97. The van der Waals surface area contributed by atoms with Gasteiger partial charge in [0.15, 0.2) is 0 Å². The molecule has 23 heavy (non-hydrogen) atoms. The summed E-state index contributed by atoms with van der Waals surface area (Å²) >= 11 is 2.26. The molecule has 0 bridgehead atoms. The van der Waals surface area contributed by atoms with E-state index >= 15 is 0 Å². The third-order valence-corrected chi connectivity index (χ3v) is 6.74. The quantitative estimate of drug-likeness (QED) is 0.741. The van der Waals surface area contributed by atoms with Crippen LogP contribution >= 0.6 is 22.6 Å². The first-order valence-corrected chi connectivity index (χ1v) is 9.51. The van der Waals surface area contributed by atoms with E-state index in [2.05, 4.69) is 22.6 Å². The molecular weight excluding hydrogens is 429 g/mol. The molecular formula is C16H14INO4S. The van der Waals surface area contributed by atoms with Crippen LogP contribution < -0.4 is 0 Å². The first-order chi connectivity index (χ1) is 10.9. The highest BCUT2D eigenvalue weighted by atomic mass is 127. The summed E-state index contributed by atoms with van der Waals surface area (Å²) in [6, 6.07) is 11.4. The number of carbonyl (C=O) groups is 1. The SMILES string of the molecule is O=C(O)c1cccc(S(=O)(=O)N2CCc3c(I)cccc3C2)c1. The van der Waals surface area contributed by atoms with Crippen molar-refractivity contribution < 1.29 is 18.3 Å². The zero-order valence-corrected chi connectivity index (χ0v) is 15.0. The average molecular weight is 443 g/mol. The van der Waals surface area contributed by atoms with Crippen molar-refractivity contribution in [2.45, 2.75) is 17.9 Å². The van der Waals surface area contributed by atoms with Gasteiger partial charge in [-0.15, -0.1) is 0 Å². The van der Waals surface area contributed by atoms with E-state index in [1.54, 1.807) is 0 Å². The minimum absolute atomic E-state index is 0.0199. The van der Waals surface area contributed by atoms with Gasteiger partial charge in [-0.2, -0.15) is 4.31 Å². The normalized spacial score (nSPS) is 15.2. The minimum Gasteiger partial charge on any atom is -0.478 e. The number of carboxylic acid groups (broad SMARTS) is 1. The van der Waals surface area contributed by atoms with Gasteiger partial charge in [0, 0.05) is 16.7 Å². The van der Waals surface area contributed by atoms with Crippen LogP contribution in [0.5, 0.6) is 0 Å². The zero-order chi connectivity index (χ0) is 16.6. The summed E-state index contributed by atoms with van der Waals surface area (Å²) in [6.07, 6.45) is 0.659. The molecule has 1 heterocycles. The molecule has 0 saturated carbocycles. The number of halogens is 1. The summed E-state index contributed by atoms with van der Waals surface area (Å²) in [6.45, 7) is 0.707. The van der Waals surface area contributed by atoms with Gasteiger partial charge in [0.25, 0.3) is 0 Å². The van der Waals surface area contributed by atoms with Crippen molar-refractivity contribution in [1.82, 2.24) is 4.31 Å². The van der Waals surface area contributed by atoms with E-state index in [0.29, 0.717) is 19.5 Å². The molecule has 3 rings (SSSR count). The number of aromatic carboxylic acids is 1. The topological polar surface area (TPSA) is 74.7 Å². The van der Waals surface area contributed by atoms with Crippen LogP contribution in [-0.2, 0) is 23.0 Å². The third kappa shape index (κ3) is 3.13. The molecule has 1 N–H and O–H groups in total. The fraction of sp³-hybridized carbons (Fsp3) is 0.188. The van der Waals surface area contributed by atoms with Gasteiger partial charge in [-0.1, -0.05) is 18.2 Å². The van der Waals surface area contributed by atoms with Gasteiger partial charge in [0.05, 0.1) is 10.5 Å². The summed E-state index contributed by atoms with van der Waals surface area (Å²) in [4.78, 5) is 11.1.